The van der Waals surface area contributed by atoms with E-state index >= 15 is 0 Å². The molecule has 0 saturated carbocycles. The Morgan fingerprint density at radius 1 is 1.21 bits per heavy atom. The maximum absolute atomic E-state index is 5.18. The van der Waals surface area contributed by atoms with Crippen LogP contribution >= 0.6 is 0 Å². The second-order valence-corrected chi connectivity index (χ2v) is 6.31. The van der Waals surface area contributed by atoms with Crippen LogP contribution in [0.2, 0.25) is 0 Å². The summed E-state index contributed by atoms with van der Waals surface area (Å²) in [5, 5.41) is 8.43. The minimum atomic E-state index is 0.402. The van der Waals surface area contributed by atoms with Crippen LogP contribution in [0.5, 0.6) is 0 Å². The first kappa shape index (κ1) is 14.9. The van der Waals surface area contributed by atoms with Crippen LogP contribution in [0.15, 0.2) is 28.9 Å². The molecule has 7 nitrogen and oxygen atoms in total. The zero-order valence-corrected chi connectivity index (χ0v) is 14.1. The molecule has 0 amide bonds. The second kappa shape index (κ2) is 5.74. The van der Waals surface area contributed by atoms with Crippen molar-refractivity contribution in [2.75, 3.05) is 18.0 Å². The van der Waals surface area contributed by atoms with E-state index < -0.39 is 0 Å². The standard InChI is InChI=1S/C17H20N6O/c1-11-8-12(2)23(20-11)15-6-7-22(10-15)16-5-4-14(9-18-16)17-19-13(3)21-24-17/h4-5,8-9,15H,6-7,10H2,1-3H3/t15-/m1/s1. The largest absolute Gasteiger partial charge is 0.354 e. The molecule has 1 fully saturated rings. The Bertz CT molecular complexity index is 850. The molecular weight excluding hydrogens is 304 g/mol. The Hall–Kier alpha value is -2.70. The molecule has 0 spiro atoms. The highest BCUT2D eigenvalue weighted by atomic mass is 16.5. The van der Waals surface area contributed by atoms with E-state index in [1.165, 1.54) is 5.69 Å². The third kappa shape index (κ3) is 2.66. The predicted molar refractivity (Wildman–Crippen MR) is 89.8 cm³/mol. The van der Waals surface area contributed by atoms with Crippen LogP contribution < -0.4 is 4.90 Å². The van der Waals surface area contributed by atoms with Gasteiger partial charge in [0, 0.05) is 25.0 Å². The summed E-state index contributed by atoms with van der Waals surface area (Å²) in [5.74, 6) is 2.11. The lowest BCUT2D eigenvalue weighted by Crippen LogP contribution is -2.22. The van der Waals surface area contributed by atoms with Gasteiger partial charge in [-0.25, -0.2) is 4.98 Å². The van der Waals surface area contributed by atoms with Crippen molar-refractivity contribution in [3.8, 4) is 11.5 Å². The van der Waals surface area contributed by atoms with Gasteiger partial charge in [-0.2, -0.15) is 10.1 Å². The van der Waals surface area contributed by atoms with Crippen molar-refractivity contribution < 1.29 is 4.52 Å². The first-order valence-corrected chi connectivity index (χ1v) is 8.14. The fraction of sp³-hybridized carbons (Fsp3) is 0.412. The molecule has 3 aromatic heterocycles. The van der Waals surface area contributed by atoms with E-state index in [1.54, 1.807) is 13.1 Å². The van der Waals surface area contributed by atoms with Gasteiger partial charge in [0.15, 0.2) is 5.82 Å². The van der Waals surface area contributed by atoms with Crippen molar-refractivity contribution in [2.45, 2.75) is 33.2 Å². The minimum absolute atomic E-state index is 0.402. The highest BCUT2D eigenvalue weighted by Gasteiger charge is 2.26. The fourth-order valence-corrected chi connectivity index (χ4v) is 3.28. The summed E-state index contributed by atoms with van der Waals surface area (Å²) in [6, 6.07) is 6.52. The van der Waals surface area contributed by atoms with E-state index in [-0.39, 0.29) is 0 Å². The zero-order valence-electron chi connectivity index (χ0n) is 14.1. The van der Waals surface area contributed by atoms with E-state index in [1.807, 2.05) is 19.1 Å². The SMILES string of the molecule is Cc1cc(C)n([C@@H]2CCN(c3ccc(-c4nc(C)no4)cn3)C2)n1. The van der Waals surface area contributed by atoms with E-state index in [4.69, 9.17) is 4.52 Å². The van der Waals surface area contributed by atoms with Gasteiger partial charge in [0.1, 0.15) is 5.82 Å². The number of nitrogens with zero attached hydrogens (tertiary/aromatic N) is 6. The normalized spacial score (nSPS) is 17.6. The number of aryl methyl sites for hydroxylation is 3. The van der Waals surface area contributed by atoms with Gasteiger partial charge < -0.3 is 9.42 Å². The Labute approximate surface area is 140 Å². The molecule has 0 radical (unpaired) electrons. The molecule has 0 unspecified atom stereocenters. The lowest BCUT2D eigenvalue weighted by molar-refractivity contribution is 0.425. The number of hydrogen-bond donors (Lipinski definition) is 0. The summed E-state index contributed by atoms with van der Waals surface area (Å²) in [7, 11) is 0. The average Bonchev–Trinajstić information content (AvgIpc) is 3.28. The van der Waals surface area contributed by atoms with Gasteiger partial charge in [-0.15, -0.1) is 0 Å². The molecule has 1 aliphatic heterocycles. The molecule has 3 aromatic rings. The van der Waals surface area contributed by atoms with Crippen LogP contribution in [0.25, 0.3) is 11.5 Å². The first-order valence-electron chi connectivity index (χ1n) is 8.14. The Balaban J connectivity index is 1.50. The van der Waals surface area contributed by atoms with E-state index in [9.17, 15) is 0 Å². The molecular formula is C17H20N6O. The van der Waals surface area contributed by atoms with Crippen molar-refractivity contribution in [2.24, 2.45) is 0 Å². The van der Waals surface area contributed by atoms with Crippen LogP contribution in [-0.4, -0.2) is 38.0 Å². The number of rotatable bonds is 3. The molecule has 0 bridgehead atoms. The van der Waals surface area contributed by atoms with Crippen LogP contribution in [-0.2, 0) is 0 Å². The number of hydrogen-bond acceptors (Lipinski definition) is 6. The van der Waals surface area contributed by atoms with E-state index in [0.717, 1.165) is 36.6 Å². The molecule has 24 heavy (non-hydrogen) atoms. The molecule has 4 heterocycles. The van der Waals surface area contributed by atoms with Crippen LogP contribution in [0.3, 0.4) is 0 Å². The second-order valence-electron chi connectivity index (χ2n) is 6.31. The van der Waals surface area contributed by atoms with Crippen molar-refractivity contribution in [3.63, 3.8) is 0 Å². The quantitative estimate of drug-likeness (QED) is 0.737. The molecule has 0 N–H and O–H groups in total. The summed E-state index contributed by atoms with van der Waals surface area (Å²) < 4.78 is 7.32. The third-order valence-electron chi connectivity index (χ3n) is 4.40. The molecule has 124 valence electrons. The maximum Gasteiger partial charge on any atom is 0.259 e. The van der Waals surface area contributed by atoms with Gasteiger partial charge in [0.05, 0.1) is 17.3 Å². The highest BCUT2D eigenvalue weighted by Crippen LogP contribution is 2.27. The zero-order chi connectivity index (χ0) is 16.7. The van der Waals surface area contributed by atoms with Gasteiger partial charge in [-0.1, -0.05) is 5.16 Å². The van der Waals surface area contributed by atoms with Crippen molar-refractivity contribution in [1.82, 2.24) is 24.9 Å². The van der Waals surface area contributed by atoms with Crippen LogP contribution in [0, 0.1) is 20.8 Å². The van der Waals surface area contributed by atoms with Crippen molar-refractivity contribution in [3.05, 3.63) is 41.6 Å². The topological polar surface area (TPSA) is 72.9 Å². The molecule has 1 atom stereocenters. The van der Waals surface area contributed by atoms with E-state index in [0.29, 0.717) is 17.8 Å². The first-order chi connectivity index (χ1) is 11.6. The van der Waals surface area contributed by atoms with Crippen molar-refractivity contribution in [1.29, 1.82) is 0 Å². The van der Waals surface area contributed by atoms with E-state index in [2.05, 4.69) is 42.8 Å². The summed E-state index contributed by atoms with van der Waals surface area (Å²) >= 11 is 0. The molecule has 1 aliphatic rings. The van der Waals surface area contributed by atoms with Gasteiger partial charge in [0.25, 0.3) is 5.89 Å². The number of anilines is 1. The lowest BCUT2D eigenvalue weighted by atomic mass is 10.2. The van der Waals surface area contributed by atoms with Crippen LogP contribution in [0.1, 0.15) is 29.7 Å². The summed E-state index contributed by atoms with van der Waals surface area (Å²) in [5.41, 5.74) is 3.13. The molecule has 0 aliphatic carbocycles. The molecule has 0 aromatic carbocycles. The molecule has 4 rings (SSSR count). The lowest BCUT2D eigenvalue weighted by Gasteiger charge is -2.18. The number of pyridine rings is 1. The van der Waals surface area contributed by atoms with Gasteiger partial charge in [-0.05, 0) is 45.4 Å². The molecule has 7 heteroatoms. The predicted octanol–water partition coefficient (Wildman–Crippen LogP) is 2.70. The summed E-state index contributed by atoms with van der Waals surface area (Å²) in [4.78, 5) is 11.1. The smallest absolute Gasteiger partial charge is 0.259 e. The summed E-state index contributed by atoms with van der Waals surface area (Å²) in [6.45, 7) is 7.86. The van der Waals surface area contributed by atoms with Gasteiger partial charge in [-0.3, -0.25) is 4.68 Å². The Morgan fingerprint density at radius 2 is 2.08 bits per heavy atom. The fourth-order valence-electron chi connectivity index (χ4n) is 3.28. The Kier molecular flexibility index (Phi) is 3.55. The monoisotopic (exact) mass is 324 g/mol. The highest BCUT2D eigenvalue weighted by molar-refractivity contribution is 5.54. The average molecular weight is 324 g/mol. The van der Waals surface area contributed by atoms with Gasteiger partial charge in [0.2, 0.25) is 0 Å². The van der Waals surface area contributed by atoms with Gasteiger partial charge >= 0.3 is 0 Å². The Morgan fingerprint density at radius 3 is 2.71 bits per heavy atom. The third-order valence-corrected chi connectivity index (χ3v) is 4.40. The number of aromatic nitrogens is 5. The summed E-state index contributed by atoms with van der Waals surface area (Å²) in [6.07, 6.45) is 2.87. The van der Waals surface area contributed by atoms with Crippen LogP contribution in [0.4, 0.5) is 5.82 Å². The molecule has 1 saturated heterocycles. The maximum atomic E-state index is 5.18. The van der Waals surface area contributed by atoms with Crippen molar-refractivity contribution >= 4 is 5.82 Å². The minimum Gasteiger partial charge on any atom is -0.354 e.